The van der Waals surface area contributed by atoms with E-state index in [0.717, 1.165) is 39.3 Å². The molecule has 13 nitrogen and oxygen atoms in total. The summed E-state index contributed by atoms with van der Waals surface area (Å²) in [5.74, 6) is -3.57. The van der Waals surface area contributed by atoms with Crippen LogP contribution in [0, 0.1) is 5.92 Å². The Labute approximate surface area is 368 Å². The lowest BCUT2D eigenvalue weighted by Gasteiger charge is -2.53. The molecule has 9 rings (SSSR count). The zero-order valence-electron chi connectivity index (χ0n) is 32.6. The van der Waals surface area contributed by atoms with Crippen LogP contribution in [-0.4, -0.2) is 65.1 Å². The second kappa shape index (κ2) is 17.5. The molecule has 1 fully saturated rings. The summed E-state index contributed by atoms with van der Waals surface area (Å²) >= 11 is 3.35. The molecule has 4 N–H and O–H groups in total. The first kappa shape index (κ1) is 40.4. The monoisotopic (exact) mass is 876 g/mol. The van der Waals surface area contributed by atoms with Gasteiger partial charge in [-0.15, -0.1) is 10.2 Å². The molecule has 308 valence electrons. The number of carbonyl (C=O) groups is 3. The number of carboxylic acids is 1. The smallest absolute Gasteiger partial charge is 0.353 e. The lowest BCUT2D eigenvalue weighted by atomic mass is 9.72. The number of oxime groups is 1. The molecular weight excluding hydrogens is 841 g/mol. The Morgan fingerprint density at radius 3 is 1.84 bits per heavy atom. The first-order valence-corrected chi connectivity index (χ1v) is 22.0. The number of nitrogens with one attached hydrogen (secondary N) is 1. The van der Waals surface area contributed by atoms with Gasteiger partial charge in [-0.1, -0.05) is 180 Å². The fourth-order valence-electron chi connectivity index (χ4n) is 8.30. The zero-order valence-corrected chi connectivity index (χ0v) is 35.0. The van der Waals surface area contributed by atoms with Gasteiger partial charge in [0.2, 0.25) is 17.1 Å². The molecule has 2 aliphatic rings. The van der Waals surface area contributed by atoms with Gasteiger partial charge in [0.25, 0.3) is 11.8 Å². The molecule has 0 aliphatic carbocycles. The van der Waals surface area contributed by atoms with Gasteiger partial charge in [0.05, 0.1) is 6.04 Å². The van der Waals surface area contributed by atoms with Crippen molar-refractivity contribution in [2.24, 2.45) is 11.1 Å². The molecule has 1 unspecified atom stereocenters. The van der Waals surface area contributed by atoms with Crippen molar-refractivity contribution in [3.63, 3.8) is 0 Å². The Morgan fingerprint density at radius 1 is 0.839 bits per heavy atom. The van der Waals surface area contributed by atoms with Crippen LogP contribution in [0.5, 0.6) is 0 Å². The number of carboxylic acid groups (broad SMARTS) is 1. The molecule has 7 aromatic rings. The maximum absolute atomic E-state index is 14.7. The van der Waals surface area contributed by atoms with E-state index in [1.807, 2.05) is 152 Å². The quantitative estimate of drug-likeness (QED) is 0.0430. The number of nitrogens with two attached hydrogens (primary N) is 1. The number of carbonyl (C=O) groups excluding carboxylic acids is 2. The fourth-order valence-corrected chi connectivity index (χ4v) is 10.5. The van der Waals surface area contributed by atoms with Gasteiger partial charge in [0.15, 0.2) is 9.47 Å². The number of hydrogen-bond donors (Lipinski definition) is 3. The standard InChI is InChI=1S/C46H36N8O5S3/c47-44-50-40(53-62-44)37(52-59-46(30-20-10-3-11-21-30,31-22-12-4-13-23-31)32-24-14-5-15-25-32)41(55)49-36-34-26-33(35(28-16-6-1-7-17-28)29-18-8-2-9-19-29)39(61-45-51-48-27-60-45)38(43(57)58)54(34)42(36)56/h1-25,27,33-36H,26H2,(H,49,55)(H,57,58)(H2,47,50,53)/t33?,34-,36+/m1/s1. The molecule has 4 heterocycles. The summed E-state index contributed by atoms with van der Waals surface area (Å²) in [5, 5.41) is 26.6. The summed E-state index contributed by atoms with van der Waals surface area (Å²) in [4.78, 5) is 55.1. The summed E-state index contributed by atoms with van der Waals surface area (Å²) in [6.07, 6.45) is 0.299. The summed E-state index contributed by atoms with van der Waals surface area (Å²) in [6, 6.07) is 46.3. The van der Waals surface area contributed by atoms with Crippen LogP contribution in [0.1, 0.15) is 46.0 Å². The maximum Gasteiger partial charge on any atom is 0.353 e. The van der Waals surface area contributed by atoms with E-state index in [2.05, 4.69) is 30.0 Å². The van der Waals surface area contributed by atoms with E-state index in [1.165, 1.54) is 28.0 Å². The van der Waals surface area contributed by atoms with Crippen LogP contribution in [0.2, 0.25) is 0 Å². The minimum Gasteiger partial charge on any atom is -0.477 e. The molecule has 2 amide bonds. The highest BCUT2D eigenvalue weighted by Gasteiger charge is 2.57. The fraction of sp³-hybridized carbons (Fsp3) is 0.130. The van der Waals surface area contributed by atoms with E-state index in [4.69, 9.17) is 10.6 Å². The van der Waals surface area contributed by atoms with Crippen LogP contribution in [0.3, 0.4) is 0 Å². The Balaban J connectivity index is 1.12. The number of amides is 2. The van der Waals surface area contributed by atoms with Crippen molar-refractivity contribution in [3.8, 4) is 0 Å². The maximum atomic E-state index is 14.7. The SMILES string of the molecule is Nc1nc(C(=NOC(c2ccccc2)(c2ccccc2)c2ccccc2)C(=O)N[C@@H]2C(=O)N3C(C(=O)O)=C(Sc4nncs4)C(C(c4ccccc4)c4ccccc4)C[C@H]23)ns1. The number of nitrogen functional groups attached to an aromatic ring is 1. The normalized spacial score (nSPS) is 17.6. The van der Waals surface area contributed by atoms with Gasteiger partial charge in [-0.05, 0) is 17.5 Å². The van der Waals surface area contributed by atoms with Gasteiger partial charge < -0.3 is 21.0 Å². The number of anilines is 1. The van der Waals surface area contributed by atoms with Gasteiger partial charge in [0, 0.05) is 45.0 Å². The van der Waals surface area contributed by atoms with Crippen molar-refractivity contribution in [3.05, 3.63) is 201 Å². The Kier molecular flexibility index (Phi) is 11.4. The molecule has 1 saturated heterocycles. The highest BCUT2D eigenvalue weighted by atomic mass is 32.2. The number of thioether (sulfide) groups is 1. The van der Waals surface area contributed by atoms with E-state index < -0.39 is 41.4 Å². The Bertz CT molecular complexity index is 2620. The summed E-state index contributed by atoms with van der Waals surface area (Å²) in [6.45, 7) is 0. The highest BCUT2D eigenvalue weighted by Crippen LogP contribution is 2.52. The van der Waals surface area contributed by atoms with Crippen molar-refractivity contribution < 1.29 is 24.3 Å². The number of benzene rings is 5. The molecule has 62 heavy (non-hydrogen) atoms. The second-order valence-corrected chi connectivity index (χ2v) is 17.4. The van der Waals surface area contributed by atoms with Crippen LogP contribution in [0.15, 0.2) is 177 Å². The number of nitrogens with zero attached hydrogens (tertiary/aromatic N) is 6. The van der Waals surface area contributed by atoms with Crippen molar-refractivity contribution >= 4 is 63.3 Å². The minimum atomic E-state index is -1.36. The van der Waals surface area contributed by atoms with Gasteiger partial charge in [-0.2, -0.15) is 9.36 Å². The molecule has 0 spiro atoms. The molecule has 0 radical (unpaired) electrons. The number of rotatable bonds is 14. The molecule has 2 aromatic heterocycles. The van der Waals surface area contributed by atoms with Crippen molar-refractivity contribution in [2.75, 3.05) is 5.73 Å². The third kappa shape index (κ3) is 7.63. The van der Waals surface area contributed by atoms with E-state index in [-0.39, 0.29) is 28.3 Å². The van der Waals surface area contributed by atoms with Crippen molar-refractivity contribution in [1.29, 1.82) is 0 Å². The number of fused-ring (bicyclic) bond motifs is 1. The predicted octanol–water partition coefficient (Wildman–Crippen LogP) is 7.32. The number of allylic oxidation sites excluding steroid dienone is 1. The average Bonchev–Trinajstić information content (AvgIpc) is 4.00. The van der Waals surface area contributed by atoms with Gasteiger partial charge in [-0.25, -0.2) is 4.79 Å². The average molecular weight is 877 g/mol. The molecule has 16 heteroatoms. The number of aromatic nitrogens is 4. The Hall–Kier alpha value is -7.01. The molecule has 3 atom stereocenters. The lowest BCUT2D eigenvalue weighted by molar-refractivity contribution is -0.156. The lowest BCUT2D eigenvalue weighted by Crippen LogP contribution is -2.73. The molecule has 0 saturated carbocycles. The third-order valence-electron chi connectivity index (χ3n) is 11.0. The van der Waals surface area contributed by atoms with Crippen LogP contribution >= 0.6 is 34.6 Å². The van der Waals surface area contributed by atoms with E-state index in [9.17, 15) is 19.5 Å². The number of aliphatic carboxylic acids is 1. The van der Waals surface area contributed by atoms with Crippen LogP contribution in [-0.2, 0) is 24.8 Å². The second-order valence-electron chi connectivity index (χ2n) is 14.5. The third-order valence-corrected chi connectivity index (χ3v) is 13.5. The van der Waals surface area contributed by atoms with Gasteiger partial charge in [-0.3, -0.25) is 14.5 Å². The molecule has 2 aliphatic heterocycles. The summed E-state index contributed by atoms with van der Waals surface area (Å²) < 4.78 is 4.87. The van der Waals surface area contributed by atoms with E-state index in [0.29, 0.717) is 15.7 Å². The number of hydrogen-bond acceptors (Lipinski definition) is 13. The topological polar surface area (TPSA) is 186 Å². The van der Waals surface area contributed by atoms with Gasteiger partial charge >= 0.3 is 5.97 Å². The first-order chi connectivity index (χ1) is 30.3. The molecule has 5 aromatic carbocycles. The molecular formula is C46H36N8O5S3. The molecule has 0 bridgehead atoms. The van der Waals surface area contributed by atoms with E-state index >= 15 is 0 Å². The zero-order chi connectivity index (χ0) is 42.6. The predicted molar refractivity (Wildman–Crippen MR) is 237 cm³/mol. The number of β-lactam (4-membered cyclic amide) rings is 1. The Morgan fingerprint density at radius 2 is 1.37 bits per heavy atom. The van der Waals surface area contributed by atoms with Gasteiger partial charge in [0.1, 0.15) is 17.2 Å². The van der Waals surface area contributed by atoms with Crippen molar-refractivity contribution in [2.45, 2.75) is 34.4 Å². The van der Waals surface area contributed by atoms with Crippen LogP contribution < -0.4 is 11.1 Å². The summed E-state index contributed by atoms with van der Waals surface area (Å²) in [7, 11) is 0. The van der Waals surface area contributed by atoms with Crippen LogP contribution in [0.25, 0.3) is 0 Å². The first-order valence-electron chi connectivity index (χ1n) is 19.5. The van der Waals surface area contributed by atoms with E-state index in [1.54, 1.807) is 5.51 Å². The van der Waals surface area contributed by atoms with Crippen molar-refractivity contribution in [1.82, 2.24) is 29.8 Å². The van der Waals surface area contributed by atoms with Crippen LogP contribution in [0.4, 0.5) is 5.13 Å². The highest BCUT2D eigenvalue weighted by molar-refractivity contribution is 8.04. The summed E-state index contributed by atoms with van der Waals surface area (Å²) in [5.41, 5.74) is 9.89. The largest absolute Gasteiger partial charge is 0.477 e. The minimum absolute atomic E-state index is 0.0894.